The second kappa shape index (κ2) is 8.23. The van der Waals surface area contributed by atoms with Crippen LogP contribution in [0.3, 0.4) is 0 Å². The fourth-order valence-corrected chi connectivity index (χ4v) is 4.22. The maximum absolute atomic E-state index is 13.1. The standard InChI is InChI=1S/C23H26N2O4/c1-2-28-23(27)18-13-17-20(26)16-12-15(9-8-14-6-4-3-5-7-14)10-11-19(16)29-22(17)25-21(18)24/h10-14H,2-9H2,1H3,(H2,24,25). The molecule has 2 N–H and O–H groups in total. The number of nitrogen functional groups attached to an aromatic ring is 1. The Bertz CT molecular complexity index is 1110. The number of hydrogen-bond donors (Lipinski definition) is 1. The average Bonchev–Trinajstić information content (AvgIpc) is 2.73. The molecule has 0 bridgehead atoms. The molecule has 2 aromatic heterocycles. The lowest BCUT2D eigenvalue weighted by Gasteiger charge is -2.21. The minimum atomic E-state index is -0.597. The number of carbonyl (C=O) groups is 1. The fourth-order valence-electron chi connectivity index (χ4n) is 4.22. The van der Waals surface area contributed by atoms with Crippen LogP contribution in [0.5, 0.6) is 0 Å². The molecule has 1 fully saturated rings. The Kier molecular flexibility index (Phi) is 5.51. The smallest absolute Gasteiger partial charge is 0.341 e. The molecule has 1 aliphatic carbocycles. The van der Waals surface area contributed by atoms with E-state index in [0.29, 0.717) is 11.0 Å². The van der Waals surface area contributed by atoms with Crippen LogP contribution in [0, 0.1) is 5.92 Å². The van der Waals surface area contributed by atoms with Crippen LogP contribution >= 0.6 is 0 Å². The molecule has 0 saturated heterocycles. The number of aromatic nitrogens is 1. The van der Waals surface area contributed by atoms with Crippen molar-refractivity contribution in [3.63, 3.8) is 0 Å². The molecule has 0 aliphatic heterocycles. The summed E-state index contributed by atoms with van der Waals surface area (Å²) in [5, 5.41) is 0.735. The Hall–Kier alpha value is -2.89. The van der Waals surface area contributed by atoms with E-state index < -0.39 is 5.97 Å². The number of rotatable bonds is 5. The van der Waals surface area contributed by atoms with E-state index in [4.69, 9.17) is 14.9 Å². The molecule has 0 atom stereocenters. The van der Waals surface area contributed by atoms with Gasteiger partial charge in [0, 0.05) is 0 Å². The number of benzene rings is 1. The Morgan fingerprint density at radius 3 is 2.76 bits per heavy atom. The second-order valence-electron chi connectivity index (χ2n) is 7.80. The summed E-state index contributed by atoms with van der Waals surface area (Å²) in [4.78, 5) is 29.3. The molecule has 152 valence electrons. The van der Waals surface area contributed by atoms with Gasteiger partial charge < -0.3 is 14.9 Å². The van der Waals surface area contributed by atoms with Gasteiger partial charge in [0.25, 0.3) is 0 Å². The van der Waals surface area contributed by atoms with Crippen molar-refractivity contribution < 1.29 is 13.9 Å². The van der Waals surface area contributed by atoms with Crippen molar-refractivity contribution in [3.05, 3.63) is 45.6 Å². The van der Waals surface area contributed by atoms with Gasteiger partial charge in [-0.2, -0.15) is 4.98 Å². The molecule has 0 amide bonds. The zero-order valence-electron chi connectivity index (χ0n) is 16.7. The zero-order chi connectivity index (χ0) is 20.4. The number of hydrogen-bond acceptors (Lipinski definition) is 6. The molecule has 0 spiro atoms. The van der Waals surface area contributed by atoms with Gasteiger partial charge >= 0.3 is 5.97 Å². The number of pyridine rings is 1. The third-order valence-corrected chi connectivity index (χ3v) is 5.82. The lowest BCUT2D eigenvalue weighted by molar-refractivity contribution is 0.0527. The molecule has 0 radical (unpaired) electrons. The highest BCUT2D eigenvalue weighted by Crippen LogP contribution is 2.28. The van der Waals surface area contributed by atoms with Crippen LogP contribution < -0.4 is 11.2 Å². The zero-order valence-corrected chi connectivity index (χ0v) is 16.7. The minimum Gasteiger partial charge on any atom is -0.462 e. The van der Waals surface area contributed by atoms with Gasteiger partial charge in [0.05, 0.1) is 17.4 Å². The average molecular weight is 394 g/mol. The van der Waals surface area contributed by atoms with Crippen molar-refractivity contribution in [1.82, 2.24) is 4.98 Å². The SMILES string of the molecule is CCOC(=O)c1cc2c(=O)c3cc(CCC4CCCCC4)ccc3oc2nc1N. The predicted octanol–water partition coefficient (Wildman–Crippen LogP) is 4.61. The third kappa shape index (κ3) is 3.97. The summed E-state index contributed by atoms with van der Waals surface area (Å²) in [7, 11) is 0. The first-order valence-corrected chi connectivity index (χ1v) is 10.4. The molecule has 1 saturated carbocycles. The normalized spacial score (nSPS) is 15.1. The van der Waals surface area contributed by atoms with E-state index in [0.717, 1.165) is 24.3 Å². The maximum Gasteiger partial charge on any atom is 0.341 e. The summed E-state index contributed by atoms with van der Waals surface area (Å²) in [5.41, 5.74) is 7.47. The Morgan fingerprint density at radius 1 is 1.21 bits per heavy atom. The van der Waals surface area contributed by atoms with E-state index in [1.165, 1.54) is 38.2 Å². The van der Waals surface area contributed by atoms with E-state index in [-0.39, 0.29) is 34.5 Å². The summed E-state index contributed by atoms with van der Waals surface area (Å²) in [6, 6.07) is 7.17. The number of fused-ring (bicyclic) bond motifs is 2. The Morgan fingerprint density at radius 2 is 2.00 bits per heavy atom. The summed E-state index contributed by atoms with van der Waals surface area (Å²) in [5.74, 6) is 0.175. The third-order valence-electron chi connectivity index (χ3n) is 5.82. The molecule has 4 rings (SSSR count). The van der Waals surface area contributed by atoms with Crippen LogP contribution in [0.1, 0.15) is 61.4 Å². The topological polar surface area (TPSA) is 95.4 Å². The van der Waals surface area contributed by atoms with Gasteiger partial charge in [-0.05, 0) is 49.4 Å². The Labute approximate surface area is 169 Å². The van der Waals surface area contributed by atoms with Gasteiger partial charge in [-0.15, -0.1) is 0 Å². The molecule has 6 nitrogen and oxygen atoms in total. The predicted molar refractivity (Wildman–Crippen MR) is 113 cm³/mol. The van der Waals surface area contributed by atoms with Crippen molar-refractivity contribution in [2.24, 2.45) is 5.92 Å². The van der Waals surface area contributed by atoms with Crippen LogP contribution in [-0.4, -0.2) is 17.6 Å². The lowest BCUT2D eigenvalue weighted by atomic mass is 9.85. The van der Waals surface area contributed by atoms with Crippen molar-refractivity contribution in [2.75, 3.05) is 12.3 Å². The number of carbonyl (C=O) groups excluding carboxylic acids is 1. The number of esters is 1. The van der Waals surface area contributed by atoms with Gasteiger partial charge in [-0.25, -0.2) is 4.79 Å². The largest absolute Gasteiger partial charge is 0.462 e. The van der Waals surface area contributed by atoms with E-state index in [2.05, 4.69) is 4.98 Å². The minimum absolute atomic E-state index is 0.0115. The highest BCUT2D eigenvalue weighted by molar-refractivity contribution is 5.99. The first-order chi connectivity index (χ1) is 14.1. The first-order valence-electron chi connectivity index (χ1n) is 10.4. The quantitative estimate of drug-likeness (QED) is 0.501. The van der Waals surface area contributed by atoms with Crippen molar-refractivity contribution in [1.29, 1.82) is 0 Å². The highest BCUT2D eigenvalue weighted by atomic mass is 16.5. The maximum atomic E-state index is 13.1. The van der Waals surface area contributed by atoms with Gasteiger partial charge in [0.15, 0.2) is 0 Å². The number of ether oxygens (including phenoxy) is 1. The fraction of sp³-hybridized carbons (Fsp3) is 0.435. The first kappa shape index (κ1) is 19.4. The second-order valence-corrected chi connectivity index (χ2v) is 7.80. The van der Waals surface area contributed by atoms with Crippen LogP contribution in [0.4, 0.5) is 5.82 Å². The summed E-state index contributed by atoms with van der Waals surface area (Å²) >= 11 is 0. The number of aryl methyl sites for hydroxylation is 1. The summed E-state index contributed by atoms with van der Waals surface area (Å²) in [6.45, 7) is 1.92. The Balaban J connectivity index is 1.70. The number of nitrogens with two attached hydrogens (primary N) is 1. The van der Waals surface area contributed by atoms with E-state index in [9.17, 15) is 9.59 Å². The van der Waals surface area contributed by atoms with Crippen LogP contribution in [-0.2, 0) is 11.2 Å². The molecule has 3 aromatic rings. The van der Waals surface area contributed by atoms with Gasteiger partial charge in [0.1, 0.15) is 17.0 Å². The highest BCUT2D eigenvalue weighted by Gasteiger charge is 2.18. The van der Waals surface area contributed by atoms with Crippen molar-refractivity contribution in [3.8, 4) is 0 Å². The molecule has 2 heterocycles. The van der Waals surface area contributed by atoms with Crippen LogP contribution in [0.2, 0.25) is 0 Å². The van der Waals surface area contributed by atoms with Gasteiger partial charge in [0.2, 0.25) is 11.1 Å². The van der Waals surface area contributed by atoms with E-state index in [1.54, 1.807) is 6.92 Å². The van der Waals surface area contributed by atoms with Crippen LogP contribution in [0.25, 0.3) is 22.1 Å². The van der Waals surface area contributed by atoms with Crippen molar-refractivity contribution >= 4 is 33.9 Å². The van der Waals surface area contributed by atoms with Crippen LogP contribution in [0.15, 0.2) is 33.5 Å². The summed E-state index contributed by atoms with van der Waals surface area (Å²) < 4.78 is 10.8. The molecular weight excluding hydrogens is 368 g/mol. The molecule has 1 aromatic carbocycles. The van der Waals surface area contributed by atoms with Gasteiger partial charge in [-0.1, -0.05) is 38.2 Å². The molecule has 1 aliphatic rings. The van der Waals surface area contributed by atoms with E-state index >= 15 is 0 Å². The van der Waals surface area contributed by atoms with Crippen molar-refractivity contribution in [2.45, 2.75) is 51.9 Å². The monoisotopic (exact) mass is 394 g/mol. The molecular formula is C23H26N2O4. The molecule has 29 heavy (non-hydrogen) atoms. The summed E-state index contributed by atoms with van der Waals surface area (Å²) in [6.07, 6.45) is 8.73. The van der Waals surface area contributed by atoms with E-state index in [1.807, 2.05) is 18.2 Å². The number of nitrogens with zero attached hydrogens (tertiary/aromatic N) is 1. The van der Waals surface area contributed by atoms with Gasteiger partial charge in [-0.3, -0.25) is 4.79 Å². The molecule has 0 unspecified atom stereocenters. The lowest BCUT2D eigenvalue weighted by Crippen LogP contribution is -2.12. The number of anilines is 1. The molecule has 6 heteroatoms.